The van der Waals surface area contributed by atoms with Gasteiger partial charge in [0, 0.05) is 11.9 Å². The Morgan fingerprint density at radius 3 is 2.33 bits per heavy atom. The van der Waals surface area contributed by atoms with Crippen LogP contribution in [-0.2, 0) is 24.2 Å². The molecule has 6 nitrogen and oxygen atoms in total. The molecule has 1 aromatic carbocycles. The van der Waals surface area contributed by atoms with Crippen molar-refractivity contribution < 1.29 is 22.7 Å². The van der Waals surface area contributed by atoms with Crippen LogP contribution >= 0.6 is 0 Å². The van der Waals surface area contributed by atoms with Crippen molar-refractivity contribution >= 4 is 27.4 Å². The summed E-state index contributed by atoms with van der Waals surface area (Å²) in [7, 11) is -3.26. The lowest BCUT2D eigenvalue weighted by molar-refractivity contribution is -0.148. The molecule has 1 fully saturated rings. The zero-order valence-corrected chi connectivity index (χ0v) is 12.6. The number of carbonyl (C=O) groups is 2. The van der Waals surface area contributed by atoms with E-state index in [0.717, 1.165) is 12.7 Å². The maximum Gasteiger partial charge on any atom is 0.309 e. The fraction of sp³-hybridized carbons (Fsp3) is 0.429. The highest BCUT2D eigenvalue weighted by Crippen LogP contribution is 2.38. The first-order valence-corrected chi connectivity index (χ1v) is 8.43. The summed E-state index contributed by atoms with van der Waals surface area (Å²) in [6, 6.07) is 5.78. The molecule has 1 aliphatic carbocycles. The van der Waals surface area contributed by atoms with Gasteiger partial charge in [-0.1, -0.05) is 6.92 Å². The van der Waals surface area contributed by atoms with Gasteiger partial charge in [-0.25, -0.2) is 8.42 Å². The molecule has 7 heteroatoms. The van der Waals surface area contributed by atoms with Gasteiger partial charge in [0.2, 0.25) is 0 Å². The Morgan fingerprint density at radius 2 is 1.86 bits per heavy atom. The number of carbonyl (C=O) groups excluding carboxylic acids is 2. The lowest BCUT2D eigenvalue weighted by atomic mass is 10.3. The summed E-state index contributed by atoms with van der Waals surface area (Å²) in [5.74, 6) is -0.537. The quantitative estimate of drug-likeness (QED) is 0.826. The van der Waals surface area contributed by atoms with Gasteiger partial charge in [-0.05, 0) is 36.6 Å². The summed E-state index contributed by atoms with van der Waals surface area (Å²) in [5.41, 5.74) is 0.447. The Morgan fingerprint density at radius 1 is 1.29 bits per heavy atom. The van der Waals surface area contributed by atoms with Crippen molar-refractivity contribution in [1.82, 2.24) is 0 Å². The van der Waals surface area contributed by atoms with Gasteiger partial charge in [0.25, 0.3) is 5.91 Å². The number of sulfone groups is 1. The second-order valence-electron chi connectivity index (χ2n) is 5.27. The average molecular weight is 311 g/mol. The summed E-state index contributed by atoms with van der Waals surface area (Å²) in [5, 5.41) is 2.54. The number of hydrogen-bond acceptors (Lipinski definition) is 5. The van der Waals surface area contributed by atoms with E-state index in [1.165, 1.54) is 24.3 Å². The number of esters is 1. The van der Waals surface area contributed by atoms with Gasteiger partial charge >= 0.3 is 5.97 Å². The molecule has 0 bridgehead atoms. The van der Waals surface area contributed by atoms with Crippen molar-refractivity contribution in [2.45, 2.75) is 18.2 Å². The summed E-state index contributed by atoms with van der Waals surface area (Å²) in [6.45, 7) is 1.62. The fourth-order valence-corrected chi connectivity index (χ4v) is 2.51. The summed E-state index contributed by atoms with van der Waals surface area (Å²) in [4.78, 5) is 23.3. The van der Waals surface area contributed by atoms with E-state index in [1.54, 1.807) is 0 Å². The van der Waals surface area contributed by atoms with Crippen LogP contribution in [0.5, 0.6) is 0 Å². The lowest BCUT2D eigenvalue weighted by Crippen LogP contribution is -2.21. The third kappa shape index (κ3) is 4.29. The van der Waals surface area contributed by atoms with Crippen LogP contribution in [0.2, 0.25) is 0 Å². The molecular formula is C14H17NO5S. The van der Waals surface area contributed by atoms with Gasteiger partial charge in [-0.15, -0.1) is 0 Å². The minimum Gasteiger partial charge on any atom is -0.455 e. The van der Waals surface area contributed by atoms with Crippen molar-refractivity contribution in [3.63, 3.8) is 0 Å². The zero-order valence-electron chi connectivity index (χ0n) is 11.8. The first kappa shape index (κ1) is 15.5. The summed E-state index contributed by atoms with van der Waals surface area (Å²) in [6.07, 6.45) is 1.92. The Labute approximate surface area is 123 Å². The smallest absolute Gasteiger partial charge is 0.309 e. The molecule has 0 saturated heterocycles. The van der Waals surface area contributed by atoms with E-state index < -0.39 is 15.7 Å². The summed E-state index contributed by atoms with van der Waals surface area (Å²) < 4.78 is 27.5. The standard InChI is InChI=1S/C14H17NO5S/c1-9-7-12(9)14(17)20-8-13(16)15-10-3-5-11(6-4-10)21(2,18)19/h3-6,9,12H,7-8H2,1-2H3,(H,15,16)/t9-,12-/m1/s1. The first-order valence-electron chi connectivity index (χ1n) is 6.54. The molecule has 0 heterocycles. The van der Waals surface area contributed by atoms with E-state index in [-0.39, 0.29) is 23.4 Å². The molecule has 114 valence electrons. The Hall–Kier alpha value is -1.89. The lowest BCUT2D eigenvalue weighted by Gasteiger charge is -2.07. The van der Waals surface area contributed by atoms with Crippen LogP contribution in [0.15, 0.2) is 29.2 Å². The molecule has 1 aromatic rings. The van der Waals surface area contributed by atoms with Gasteiger partial charge in [-0.2, -0.15) is 0 Å². The van der Waals surface area contributed by atoms with Crippen molar-refractivity contribution in [2.75, 3.05) is 18.2 Å². The molecule has 0 spiro atoms. The minimum absolute atomic E-state index is 0.0770. The molecule has 1 aliphatic rings. The van der Waals surface area contributed by atoms with E-state index in [4.69, 9.17) is 4.74 Å². The highest BCUT2D eigenvalue weighted by atomic mass is 32.2. The predicted molar refractivity (Wildman–Crippen MR) is 76.4 cm³/mol. The van der Waals surface area contributed by atoms with Crippen LogP contribution in [0, 0.1) is 11.8 Å². The highest BCUT2D eigenvalue weighted by Gasteiger charge is 2.40. The molecule has 1 N–H and O–H groups in total. The van der Waals surface area contributed by atoms with Crippen molar-refractivity contribution in [2.24, 2.45) is 11.8 Å². The molecule has 1 saturated carbocycles. The number of nitrogens with one attached hydrogen (secondary N) is 1. The van der Waals surface area contributed by atoms with E-state index in [2.05, 4.69) is 5.32 Å². The van der Waals surface area contributed by atoms with Gasteiger partial charge < -0.3 is 10.1 Å². The van der Waals surface area contributed by atoms with Gasteiger partial charge in [0.1, 0.15) is 0 Å². The van der Waals surface area contributed by atoms with Crippen molar-refractivity contribution in [3.8, 4) is 0 Å². The number of anilines is 1. The van der Waals surface area contributed by atoms with Crippen molar-refractivity contribution in [3.05, 3.63) is 24.3 Å². The normalized spacial score (nSPS) is 20.7. The maximum atomic E-state index is 11.6. The summed E-state index contributed by atoms with van der Waals surface area (Å²) >= 11 is 0. The van der Waals surface area contributed by atoms with Crippen LogP contribution in [0.25, 0.3) is 0 Å². The van der Waals surface area contributed by atoms with Crippen LogP contribution in [0.1, 0.15) is 13.3 Å². The molecule has 0 aliphatic heterocycles. The van der Waals surface area contributed by atoms with E-state index in [9.17, 15) is 18.0 Å². The SMILES string of the molecule is C[C@@H]1C[C@H]1C(=O)OCC(=O)Nc1ccc(S(C)(=O)=O)cc1. The van der Waals surface area contributed by atoms with Crippen LogP contribution < -0.4 is 5.32 Å². The van der Waals surface area contributed by atoms with E-state index >= 15 is 0 Å². The third-order valence-electron chi connectivity index (χ3n) is 3.32. The number of ether oxygens (including phenoxy) is 1. The van der Waals surface area contributed by atoms with Crippen LogP contribution in [-0.4, -0.2) is 33.2 Å². The third-order valence-corrected chi connectivity index (χ3v) is 4.45. The Kier molecular flexibility index (Phi) is 4.32. The first-order chi connectivity index (χ1) is 9.77. The fourth-order valence-electron chi connectivity index (χ4n) is 1.88. The second kappa shape index (κ2) is 5.85. The largest absolute Gasteiger partial charge is 0.455 e. The molecule has 2 atom stereocenters. The maximum absolute atomic E-state index is 11.6. The minimum atomic E-state index is -3.26. The molecule has 0 unspecified atom stereocenters. The number of amides is 1. The van der Waals surface area contributed by atoms with E-state index in [0.29, 0.717) is 11.6 Å². The molecule has 0 radical (unpaired) electrons. The molecule has 1 amide bonds. The van der Waals surface area contributed by atoms with Crippen LogP contribution in [0.3, 0.4) is 0 Å². The molecule has 2 rings (SSSR count). The average Bonchev–Trinajstić information content (AvgIpc) is 3.13. The molecule has 21 heavy (non-hydrogen) atoms. The predicted octanol–water partition coefficient (Wildman–Crippen LogP) is 1.23. The van der Waals surface area contributed by atoms with Crippen molar-refractivity contribution in [1.29, 1.82) is 0 Å². The topological polar surface area (TPSA) is 89.5 Å². The number of benzene rings is 1. The number of rotatable bonds is 5. The molecule has 0 aromatic heterocycles. The van der Waals surface area contributed by atoms with Crippen LogP contribution in [0.4, 0.5) is 5.69 Å². The zero-order chi connectivity index (χ0) is 15.6. The molecular weight excluding hydrogens is 294 g/mol. The van der Waals surface area contributed by atoms with E-state index in [1.807, 2.05) is 6.92 Å². The Balaban J connectivity index is 1.84. The monoisotopic (exact) mass is 311 g/mol. The highest BCUT2D eigenvalue weighted by molar-refractivity contribution is 7.90. The van der Waals surface area contributed by atoms with Gasteiger partial charge in [-0.3, -0.25) is 9.59 Å². The second-order valence-corrected chi connectivity index (χ2v) is 7.29. The number of hydrogen-bond donors (Lipinski definition) is 1. The van der Waals surface area contributed by atoms with Gasteiger partial charge in [0.05, 0.1) is 10.8 Å². The Bertz CT molecular complexity index is 650. The van der Waals surface area contributed by atoms with Gasteiger partial charge in [0.15, 0.2) is 16.4 Å².